The summed E-state index contributed by atoms with van der Waals surface area (Å²) >= 11 is 1.46. The van der Waals surface area contributed by atoms with Gasteiger partial charge in [0.2, 0.25) is 11.8 Å². The molecule has 138 valence electrons. The van der Waals surface area contributed by atoms with E-state index in [2.05, 4.69) is 15.6 Å². The summed E-state index contributed by atoms with van der Waals surface area (Å²) in [5, 5.41) is 5.43. The third kappa shape index (κ3) is 6.88. The van der Waals surface area contributed by atoms with Crippen LogP contribution in [0.3, 0.4) is 0 Å². The maximum absolute atomic E-state index is 12.2. The minimum absolute atomic E-state index is 0.000935. The molecule has 2 rings (SSSR count). The number of hydrogen-bond acceptors (Lipinski definition) is 4. The first kappa shape index (κ1) is 20.0. The fraction of sp³-hybridized carbons (Fsp3) is 0.350. The first-order chi connectivity index (χ1) is 12.2. The molecule has 1 atom stereocenters. The van der Waals surface area contributed by atoms with Gasteiger partial charge in [-0.2, -0.15) is 0 Å². The monoisotopic (exact) mass is 371 g/mol. The predicted molar refractivity (Wildman–Crippen MR) is 107 cm³/mol. The number of benzene rings is 1. The number of amides is 2. The highest BCUT2D eigenvalue weighted by atomic mass is 32.2. The molecule has 0 aliphatic rings. The van der Waals surface area contributed by atoms with Crippen molar-refractivity contribution in [2.75, 3.05) is 10.6 Å². The molecule has 0 fully saturated rings. The topological polar surface area (TPSA) is 71.1 Å². The Labute approximate surface area is 159 Å². The Morgan fingerprint density at radius 1 is 1.08 bits per heavy atom. The fourth-order valence-corrected chi connectivity index (χ4v) is 3.09. The molecule has 0 radical (unpaired) electrons. The normalized spacial score (nSPS) is 12.3. The zero-order chi connectivity index (χ0) is 19.2. The predicted octanol–water partition coefficient (Wildman–Crippen LogP) is 4.58. The number of nitrogens with one attached hydrogen (secondary N) is 2. The molecule has 2 aromatic rings. The number of nitrogens with zero attached hydrogens (tertiary/aromatic N) is 1. The molecule has 26 heavy (non-hydrogen) atoms. The van der Waals surface area contributed by atoms with Crippen LogP contribution in [-0.4, -0.2) is 22.0 Å². The van der Waals surface area contributed by atoms with Crippen molar-refractivity contribution >= 4 is 35.1 Å². The summed E-state index contributed by atoms with van der Waals surface area (Å²) in [6.45, 7) is 7.94. The average Bonchev–Trinajstić information content (AvgIpc) is 2.55. The molecule has 0 saturated carbocycles. The molecule has 2 N–H and O–H groups in total. The highest BCUT2D eigenvalue weighted by Gasteiger charge is 2.17. The SMILES string of the molecule is CC(Sc1ccc(NC(=O)CC(C)(C)C)cc1)C(=O)Nc1ccccn1. The van der Waals surface area contributed by atoms with Crippen LogP contribution in [0.25, 0.3) is 0 Å². The second kappa shape index (κ2) is 8.85. The Bertz CT molecular complexity index is 740. The van der Waals surface area contributed by atoms with Crippen LogP contribution in [0.5, 0.6) is 0 Å². The molecule has 1 unspecified atom stereocenters. The first-order valence-electron chi connectivity index (χ1n) is 8.51. The summed E-state index contributed by atoms with van der Waals surface area (Å²) in [6.07, 6.45) is 2.11. The minimum Gasteiger partial charge on any atom is -0.326 e. The molecule has 0 spiro atoms. The van der Waals surface area contributed by atoms with Gasteiger partial charge in [0.15, 0.2) is 0 Å². The van der Waals surface area contributed by atoms with Crippen LogP contribution in [0.2, 0.25) is 0 Å². The van der Waals surface area contributed by atoms with Crippen molar-refractivity contribution in [2.45, 2.75) is 44.3 Å². The summed E-state index contributed by atoms with van der Waals surface area (Å²) in [7, 11) is 0. The van der Waals surface area contributed by atoms with Gasteiger partial charge < -0.3 is 10.6 Å². The largest absolute Gasteiger partial charge is 0.326 e. The van der Waals surface area contributed by atoms with E-state index in [0.29, 0.717) is 12.2 Å². The van der Waals surface area contributed by atoms with Gasteiger partial charge in [-0.05, 0) is 48.7 Å². The summed E-state index contributed by atoms with van der Waals surface area (Å²) in [5.41, 5.74) is 0.713. The zero-order valence-electron chi connectivity index (χ0n) is 15.6. The number of carbonyl (C=O) groups excluding carboxylic acids is 2. The van der Waals surface area contributed by atoms with E-state index in [9.17, 15) is 9.59 Å². The van der Waals surface area contributed by atoms with Crippen molar-refractivity contribution < 1.29 is 9.59 Å². The number of carbonyl (C=O) groups is 2. The summed E-state index contributed by atoms with van der Waals surface area (Å²) in [6, 6.07) is 12.9. The fourth-order valence-electron chi connectivity index (χ4n) is 2.23. The van der Waals surface area contributed by atoms with E-state index in [-0.39, 0.29) is 22.5 Å². The number of hydrogen-bond donors (Lipinski definition) is 2. The lowest BCUT2D eigenvalue weighted by molar-refractivity contribution is -0.118. The van der Waals surface area contributed by atoms with Gasteiger partial charge in [0.25, 0.3) is 0 Å². The third-order valence-electron chi connectivity index (χ3n) is 3.43. The van der Waals surface area contributed by atoms with Crippen LogP contribution < -0.4 is 10.6 Å². The van der Waals surface area contributed by atoms with Gasteiger partial charge in [-0.25, -0.2) is 4.98 Å². The van der Waals surface area contributed by atoms with Crippen LogP contribution in [0.4, 0.5) is 11.5 Å². The van der Waals surface area contributed by atoms with E-state index in [1.165, 1.54) is 11.8 Å². The average molecular weight is 372 g/mol. The summed E-state index contributed by atoms with van der Waals surface area (Å²) in [4.78, 5) is 29.3. The Kier molecular flexibility index (Phi) is 6.80. The minimum atomic E-state index is -0.265. The molecule has 1 heterocycles. The van der Waals surface area contributed by atoms with Gasteiger partial charge in [-0.15, -0.1) is 11.8 Å². The maximum Gasteiger partial charge on any atom is 0.238 e. The molecule has 6 heteroatoms. The lowest BCUT2D eigenvalue weighted by Gasteiger charge is -2.17. The number of thioether (sulfide) groups is 1. The van der Waals surface area contributed by atoms with Crippen LogP contribution in [0, 0.1) is 5.41 Å². The molecule has 1 aromatic carbocycles. The number of pyridine rings is 1. The van der Waals surface area contributed by atoms with Crippen LogP contribution in [0.1, 0.15) is 34.1 Å². The maximum atomic E-state index is 12.2. The van der Waals surface area contributed by atoms with E-state index in [4.69, 9.17) is 0 Å². The molecule has 0 bridgehead atoms. The Balaban J connectivity index is 1.88. The van der Waals surface area contributed by atoms with Crippen molar-refractivity contribution in [3.05, 3.63) is 48.7 Å². The van der Waals surface area contributed by atoms with Gasteiger partial charge in [-0.1, -0.05) is 26.8 Å². The Morgan fingerprint density at radius 3 is 2.35 bits per heavy atom. The molecular formula is C20H25N3O2S. The van der Waals surface area contributed by atoms with Crippen LogP contribution >= 0.6 is 11.8 Å². The van der Waals surface area contributed by atoms with Crippen molar-refractivity contribution in [3.8, 4) is 0 Å². The van der Waals surface area contributed by atoms with Crippen molar-refractivity contribution in [3.63, 3.8) is 0 Å². The smallest absolute Gasteiger partial charge is 0.238 e. The van der Waals surface area contributed by atoms with Gasteiger partial charge in [-0.3, -0.25) is 9.59 Å². The van der Waals surface area contributed by atoms with E-state index < -0.39 is 0 Å². The van der Waals surface area contributed by atoms with E-state index in [0.717, 1.165) is 10.6 Å². The van der Waals surface area contributed by atoms with E-state index in [1.54, 1.807) is 18.3 Å². The third-order valence-corrected chi connectivity index (χ3v) is 4.54. The zero-order valence-corrected chi connectivity index (χ0v) is 16.4. The second-order valence-electron chi connectivity index (χ2n) is 7.27. The van der Waals surface area contributed by atoms with Crippen LogP contribution in [0.15, 0.2) is 53.6 Å². The summed E-state index contributed by atoms with van der Waals surface area (Å²) < 4.78 is 0. The Morgan fingerprint density at radius 2 is 1.77 bits per heavy atom. The lowest BCUT2D eigenvalue weighted by Crippen LogP contribution is -2.22. The highest BCUT2D eigenvalue weighted by molar-refractivity contribution is 8.00. The van der Waals surface area contributed by atoms with Gasteiger partial charge in [0, 0.05) is 23.2 Å². The number of rotatable bonds is 6. The van der Waals surface area contributed by atoms with Crippen molar-refractivity contribution in [1.29, 1.82) is 0 Å². The molecule has 1 aromatic heterocycles. The van der Waals surface area contributed by atoms with Gasteiger partial charge in [0.1, 0.15) is 5.82 Å². The first-order valence-corrected chi connectivity index (χ1v) is 9.39. The van der Waals surface area contributed by atoms with Crippen molar-refractivity contribution in [2.24, 2.45) is 5.41 Å². The highest BCUT2D eigenvalue weighted by Crippen LogP contribution is 2.26. The van der Waals surface area contributed by atoms with Crippen molar-refractivity contribution in [1.82, 2.24) is 4.98 Å². The quantitative estimate of drug-likeness (QED) is 0.729. The molecule has 5 nitrogen and oxygen atoms in total. The molecule has 0 saturated heterocycles. The molecule has 0 aliphatic heterocycles. The Hall–Kier alpha value is -2.34. The lowest BCUT2D eigenvalue weighted by atomic mass is 9.92. The molecular weight excluding hydrogens is 346 g/mol. The van der Waals surface area contributed by atoms with Gasteiger partial charge in [0.05, 0.1) is 5.25 Å². The van der Waals surface area contributed by atoms with E-state index >= 15 is 0 Å². The van der Waals surface area contributed by atoms with E-state index in [1.807, 2.05) is 58.0 Å². The molecule has 2 amide bonds. The standard InChI is InChI=1S/C20H25N3O2S/c1-14(19(25)23-17-7-5-6-12-21-17)26-16-10-8-15(9-11-16)22-18(24)13-20(2,3)4/h5-12,14H,13H2,1-4H3,(H,22,24)(H,21,23,25). The summed E-state index contributed by atoms with van der Waals surface area (Å²) in [5.74, 6) is 0.444. The van der Waals surface area contributed by atoms with Crippen LogP contribution in [-0.2, 0) is 9.59 Å². The number of anilines is 2. The second-order valence-corrected chi connectivity index (χ2v) is 8.69. The molecule has 0 aliphatic carbocycles. The van der Waals surface area contributed by atoms with Gasteiger partial charge >= 0.3 is 0 Å². The number of aromatic nitrogens is 1.